The Balaban J connectivity index is 2.34. The highest BCUT2D eigenvalue weighted by atomic mass is 35.5. The lowest BCUT2D eigenvalue weighted by Crippen LogP contribution is -1.97. The number of benzene rings is 1. The molecule has 8 heteroatoms. The molecule has 2 rings (SSSR count). The van der Waals surface area contributed by atoms with Crippen molar-refractivity contribution in [1.82, 2.24) is 9.97 Å². The summed E-state index contributed by atoms with van der Waals surface area (Å²) in [4.78, 5) is 18.1. The molecule has 1 aromatic carbocycles. The van der Waals surface area contributed by atoms with Gasteiger partial charge in [0.05, 0.1) is 16.4 Å². The summed E-state index contributed by atoms with van der Waals surface area (Å²) >= 11 is 11.7. The van der Waals surface area contributed by atoms with Crippen LogP contribution < -0.4 is 4.74 Å². The number of hydrogen-bond acceptors (Lipinski definition) is 5. The van der Waals surface area contributed by atoms with Gasteiger partial charge in [-0.2, -0.15) is 0 Å². The Morgan fingerprint density at radius 2 is 2.15 bits per heavy atom. The first-order valence-electron chi connectivity index (χ1n) is 5.51. The van der Waals surface area contributed by atoms with Crippen LogP contribution in [0.15, 0.2) is 24.5 Å². The van der Waals surface area contributed by atoms with Crippen molar-refractivity contribution in [3.05, 3.63) is 50.9 Å². The van der Waals surface area contributed by atoms with Gasteiger partial charge in [-0.3, -0.25) is 10.1 Å². The average molecular weight is 314 g/mol. The predicted molar refractivity (Wildman–Crippen MR) is 74.5 cm³/mol. The molecule has 2 aromatic rings. The summed E-state index contributed by atoms with van der Waals surface area (Å²) < 4.78 is 5.55. The smallest absolute Gasteiger partial charge is 0.272 e. The van der Waals surface area contributed by atoms with Crippen molar-refractivity contribution in [3.8, 4) is 11.6 Å². The molecule has 20 heavy (non-hydrogen) atoms. The molecule has 1 heterocycles. The van der Waals surface area contributed by atoms with Gasteiger partial charge in [-0.15, -0.1) is 11.6 Å². The third kappa shape index (κ3) is 2.97. The number of halogens is 2. The van der Waals surface area contributed by atoms with Crippen LogP contribution in [0.3, 0.4) is 0 Å². The maximum Gasteiger partial charge on any atom is 0.272 e. The van der Waals surface area contributed by atoms with Crippen LogP contribution in [0.2, 0.25) is 5.15 Å². The van der Waals surface area contributed by atoms with Gasteiger partial charge in [-0.05, 0) is 19.1 Å². The quantitative estimate of drug-likeness (QED) is 0.370. The topological polar surface area (TPSA) is 78.2 Å². The summed E-state index contributed by atoms with van der Waals surface area (Å²) in [6.07, 6.45) is 1.26. The third-order valence-corrected chi connectivity index (χ3v) is 3.16. The molecule has 104 valence electrons. The second-order valence-corrected chi connectivity index (χ2v) is 4.51. The number of nitrogens with zero attached hydrogens (tertiary/aromatic N) is 3. The molecule has 0 bridgehead atoms. The minimum Gasteiger partial charge on any atom is -0.439 e. The Morgan fingerprint density at radius 3 is 2.75 bits per heavy atom. The molecule has 1 aromatic heterocycles. The van der Waals surface area contributed by atoms with Crippen molar-refractivity contribution in [1.29, 1.82) is 0 Å². The second-order valence-electron chi connectivity index (χ2n) is 3.89. The first-order valence-corrected chi connectivity index (χ1v) is 6.42. The molecule has 0 aliphatic heterocycles. The Bertz CT molecular complexity index is 664. The van der Waals surface area contributed by atoms with Crippen LogP contribution >= 0.6 is 23.2 Å². The molecule has 0 aliphatic carbocycles. The molecule has 0 radical (unpaired) electrons. The van der Waals surface area contributed by atoms with E-state index in [2.05, 4.69) is 9.97 Å². The number of nitro groups is 1. The van der Waals surface area contributed by atoms with Gasteiger partial charge in [0.15, 0.2) is 0 Å². The van der Waals surface area contributed by atoms with Crippen molar-refractivity contribution in [2.75, 3.05) is 0 Å². The molecule has 0 saturated heterocycles. The molecule has 0 atom stereocenters. The van der Waals surface area contributed by atoms with Crippen molar-refractivity contribution in [2.24, 2.45) is 0 Å². The van der Waals surface area contributed by atoms with Gasteiger partial charge in [-0.1, -0.05) is 11.6 Å². The summed E-state index contributed by atoms with van der Waals surface area (Å²) in [5.74, 6) is 0.739. The summed E-state index contributed by atoms with van der Waals surface area (Å²) in [7, 11) is 0. The predicted octanol–water partition coefficient (Wildman–Crippen LogP) is 3.88. The summed E-state index contributed by atoms with van der Waals surface area (Å²) in [5, 5.41) is 11.0. The number of hydrogen-bond donors (Lipinski definition) is 0. The average Bonchev–Trinajstić information content (AvgIpc) is 2.38. The second kappa shape index (κ2) is 6.02. The standard InChI is InChI=1S/C12H9Cl2N3O3/c1-7-4-8(2-3-10(7)17(18)19)20-12-9(5-13)11(14)15-6-16-12/h2-4,6H,5H2,1H3. The number of rotatable bonds is 4. The molecule has 0 fully saturated rings. The van der Waals surface area contributed by atoms with Crippen LogP contribution in [0.25, 0.3) is 0 Å². The minimum atomic E-state index is -0.454. The zero-order valence-corrected chi connectivity index (χ0v) is 11.9. The van der Waals surface area contributed by atoms with Crippen LogP contribution in [-0.4, -0.2) is 14.9 Å². The highest BCUT2D eigenvalue weighted by Gasteiger charge is 2.14. The Hall–Kier alpha value is -1.92. The normalized spacial score (nSPS) is 10.3. The molecule has 6 nitrogen and oxygen atoms in total. The highest BCUT2D eigenvalue weighted by molar-refractivity contribution is 6.31. The van der Waals surface area contributed by atoms with Crippen LogP contribution in [0.5, 0.6) is 11.6 Å². The highest BCUT2D eigenvalue weighted by Crippen LogP contribution is 2.30. The van der Waals surface area contributed by atoms with Crippen LogP contribution in [0.4, 0.5) is 5.69 Å². The van der Waals surface area contributed by atoms with E-state index < -0.39 is 4.92 Å². The van der Waals surface area contributed by atoms with E-state index in [4.69, 9.17) is 27.9 Å². The first-order chi connectivity index (χ1) is 9.52. The molecular weight excluding hydrogens is 305 g/mol. The van der Waals surface area contributed by atoms with E-state index in [0.717, 1.165) is 0 Å². The van der Waals surface area contributed by atoms with Crippen molar-refractivity contribution in [2.45, 2.75) is 12.8 Å². The molecule has 0 spiro atoms. The van der Waals surface area contributed by atoms with E-state index in [1.165, 1.54) is 18.5 Å². The molecular formula is C12H9Cl2N3O3. The fraction of sp³-hybridized carbons (Fsp3) is 0.167. The number of nitro benzene ring substituents is 1. The van der Waals surface area contributed by atoms with Gasteiger partial charge in [0.25, 0.3) is 5.69 Å². The van der Waals surface area contributed by atoms with Gasteiger partial charge in [0.2, 0.25) is 5.88 Å². The van der Waals surface area contributed by atoms with Gasteiger partial charge >= 0.3 is 0 Å². The number of aryl methyl sites for hydroxylation is 1. The lowest BCUT2D eigenvalue weighted by atomic mass is 10.2. The third-order valence-electron chi connectivity index (χ3n) is 2.57. The van der Waals surface area contributed by atoms with Crippen LogP contribution in [-0.2, 0) is 5.88 Å². The van der Waals surface area contributed by atoms with Gasteiger partial charge in [0.1, 0.15) is 17.2 Å². The zero-order chi connectivity index (χ0) is 14.7. The lowest BCUT2D eigenvalue weighted by Gasteiger charge is -2.09. The monoisotopic (exact) mass is 313 g/mol. The minimum absolute atomic E-state index is 0.0237. The van der Waals surface area contributed by atoms with E-state index in [9.17, 15) is 10.1 Å². The number of aromatic nitrogens is 2. The molecule has 0 N–H and O–H groups in total. The van der Waals surface area contributed by atoms with Gasteiger partial charge in [-0.25, -0.2) is 9.97 Å². The van der Waals surface area contributed by atoms with E-state index in [-0.39, 0.29) is 22.6 Å². The maximum atomic E-state index is 10.7. The van der Waals surface area contributed by atoms with Gasteiger partial charge < -0.3 is 4.74 Å². The molecule has 0 unspecified atom stereocenters. The van der Waals surface area contributed by atoms with Crippen molar-refractivity contribution >= 4 is 28.9 Å². The SMILES string of the molecule is Cc1cc(Oc2ncnc(Cl)c2CCl)ccc1[N+](=O)[O-]. The fourth-order valence-electron chi connectivity index (χ4n) is 1.58. The largest absolute Gasteiger partial charge is 0.439 e. The first kappa shape index (κ1) is 14.5. The van der Waals surface area contributed by atoms with E-state index in [1.807, 2.05) is 0 Å². The molecule has 0 amide bonds. The van der Waals surface area contributed by atoms with E-state index in [1.54, 1.807) is 13.0 Å². The van der Waals surface area contributed by atoms with E-state index >= 15 is 0 Å². The summed E-state index contributed by atoms with van der Waals surface area (Å²) in [6, 6.07) is 4.40. The lowest BCUT2D eigenvalue weighted by molar-refractivity contribution is -0.385. The Morgan fingerprint density at radius 1 is 1.40 bits per heavy atom. The van der Waals surface area contributed by atoms with Crippen molar-refractivity contribution < 1.29 is 9.66 Å². The van der Waals surface area contributed by atoms with Crippen molar-refractivity contribution in [3.63, 3.8) is 0 Å². The Labute approximate surface area is 124 Å². The number of alkyl halides is 1. The Kier molecular flexibility index (Phi) is 4.36. The van der Waals surface area contributed by atoms with E-state index in [0.29, 0.717) is 16.9 Å². The van der Waals surface area contributed by atoms with Crippen LogP contribution in [0, 0.1) is 17.0 Å². The molecule has 0 saturated carbocycles. The maximum absolute atomic E-state index is 10.7. The zero-order valence-electron chi connectivity index (χ0n) is 10.3. The van der Waals surface area contributed by atoms with Crippen LogP contribution in [0.1, 0.15) is 11.1 Å². The number of ether oxygens (including phenoxy) is 1. The molecule has 0 aliphatic rings. The summed E-state index contributed by atoms with van der Waals surface area (Å²) in [5.41, 5.74) is 0.975. The summed E-state index contributed by atoms with van der Waals surface area (Å²) in [6.45, 7) is 1.63. The fourth-order valence-corrected chi connectivity index (χ4v) is 2.08. The van der Waals surface area contributed by atoms with Gasteiger partial charge in [0, 0.05) is 11.6 Å².